The lowest BCUT2D eigenvalue weighted by Crippen LogP contribution is -2.10. The fourth-order valence-electron chi connectivity index (χ4n) is 2.55. The van der Waals surface area contributed by atoms with E-state index in [0.717, 1.165) is 11.3 Å². The quantitative estimate of drug-likeness (QED) is 0.663. The van der Waals surface area contributed by atoms with Gasteiger partial charge in [-0.3, -0.25) is 0 Å². The van der Waals surface area contributed by atoms with Crippen molar-refractivity contribution in [3.05, 3.63) is 83.1 Å². The molecule has 0 fully saturated rings. The molecule has 0 aliphatic heterocycles. The molecule has 134 valence electrons. The van der Waals surface area contributed by atoms with Gasteiger partial charge in [0.15, 0.2) is 0 Å². The number of nitrogens with zero attached hydrogens (tertiary/aromatic N) is 2. The Morgan fingerprint density at radius 3 is 2.46 bits per heavy atom. The third-order valence-corrected chi connectivity index (χ3v) is 3.88. The highest BCUT2D eigenvalue weighted by Crippen LogP contribution is 2.12. The van der Waals surface area contributed by atoms with Crippen LogP contribution in [-0.4, -0.2) is 16.5 Å². The van der Waals surface area contributed by atoms with Gasteiger partial charge in [0.2, 0.25) is 5.95 Å². The molecule has 3 rings (SSSR count). The second-order valence-corrected chi connectivity index (χ2v) is 5.97. The van der Waals surface area contributed by atoms with Crippen LogP contribution in [0.5, 0.6) is 0 Å². The zero-order valence-electron chi connectivity index (χ0n) is 14.5. The average molecular weight is 354 g/mol. The molecule has 0 saturated heterocycles. The highest BCUT2D eigenvalue weighted by atomic mass is 19.1. The number of hydrogen-bond acceptors (Lipinski definition) is 4. The molecule has 0 saturated carbocycles. The summed E-state index contributed by atoms with van der Waals surface area (Å²) in [5, 5.41) is 6.33. The molecule has 4 nitrogen and oxygen atoms in total. The zero-order valence-corrected chi connectivity index (χ0v) is 14.5. The fraction of sp³-hybridized carbons (Fsp3) is 0.200. The molecule has 0 aliphatic rings. The number of hydrogen-bond donors (Lipinski definition) is 2. The van der Waals surface area contributed by atoms with Crippen molar-refractivity contribution in [2.24, 2.45) is 0 Å². The van der Waals surface area contributed by atoms with E-state index in [2.05, 4.69) is 20.6 Å². The first-order valence-corrected chi connectivity index (χ1v) is 8.41. The number of rotatable bonds is 7. The van der Waals surface area contributed by atoms with Crippen LogP contribution in [0.1, 0.15) is 16.8 Å². The van der Waals surface area contributed by atoms with Gasteiger partial charge in [-0.15, -0.1) is 0 Å². The van der Waals surface area contributed by atoms with Crippen molar-refractivity contribution in [1.82, 2.24) is 9.97 Å². The van der Waals surface area contributed by atoms with Crippen LogP contribution in [0.25, 0.3) is 0 Å². The molecule has 1 aromatic heterocycles. The van der Waals surface area contributed by atoms with Crippen molar-refractivity contribution >= 4 is 11.8 Å². The second-order valence-electron chi connectivity index (χ2n) is 5.97. The lowest BCUT2D eigenvalue weighted by atomic mass is 10.1. The number of aryl methyl sites for hydroxylation is 1. The minimum atomic E-state index is -0.262. The van der Waals surface area contributed by atoms with Gasteiger partial charge in [-0.25, -0.2) is 13.8 Å². The van der Waals surface area contributed by atoms with E-state index in [9.17, 15) is 8.78 Å². The van der Waals surface area contributed by atoms with E-state index in [1.807, 2.05) is 19.1 Å². The van der Waals surface area contributed by atoms with Crippen LogP contribution in [0.2, 0.25) is 0 Å². The van der Waals surface area contributed by atoms with Gasteiger partial charge in [0, 0.05) is 24.8 Å². The number of halogens is 2. The lowest BCUT2D eigenvalue weighted by molar-refractivity contribution is 0.610. The average Bonchev–Trinajstić information content (AvgIpc) is 2.62. The Labute approximate surface area is 151 Å². The van der Waals surface area contributed by atoms with Crippen LogP contribution >= 0.6 is 0 Å². The van der Waals surface area contributed by atoms with Crippen molar-refractivity contribution in [3.63, 3.8) is 0 Å². The Morgan fingerprint density at radius 2 is 1.69 bits per heavy atom. The summed E-state index contributed by atoms with van der Waals surface area (Å²) in [5.41, 5.74) is 2.42. The maximum absolute atomic E-state index is 13.6. The molecule has 26 heavy (non-hydrogen) atoms. The van der Waals surface area contributed by atoms with Crippen LogP contribution < -0.4 is 10.6 Å². The summed E-state index contributed by atoms with van der Waals surface area (Å²) in [5.74, 6) is 0.704. The molecule has 2 aromatic carbocycles. The summed E-state index contributed by atoms with van der Waals surface area (Å²) in [6.45, 7) is 2.94. The van der Waals surface area contributed by atoms with Gasteiger partial charge >= 0.3 is 0 Å². The van der Waals surface area contributed by atoms with Gasteiger partial charge in [0.1, 0.15) is 17.5 Å². The fourth-order valence-corrected chi connectivity index (χ4v) is 2.55. The van der Waals surface area contributed by atoms with Crippen LogP contribution in [0.3, 0.4) is 0 Å². The molecule has 0 amide bonds. The molecule has 1 heterocycles. The van der Waals surface area contributed by atoms with E-state index in [1.54, 1.807) is 24.3 Å². The Bertz CT molecular complexity index is 866. The Kier molecular flexibility index (Phi) is 5.73. The maximum Gasteiger partial charge on any atom is 0.225 e. The van der Waals surface area contributed by atoms with Gasteiger partial charge in [0.05, 0.1) is 0 Å². The van der Waals surface area contributed by atoms with Crippen molar-refractivity contribution in [3.8, 4) is 0 Å². The molecule has 3 aromatic rings. The van der Waals surface area contributed by atoms with Gasteiger partial charge in [-0.2, -0.15) is 4.98 Å². The highest BCUT2D eigenvalue weighted by Gasteiger charge is 2.04. The Hall–Kier alpha value is -3.02. The van der Waals surface area contributed by atoms with E-state index in [1.165, 1.54) is 18.2 Å². The molecular formula is C20H20F2N4. The van der Waals surface area contributed by atoms with Crippen LogP contribution in [0, 0.1) is 18.6 Å². The van der Waals surface area contributed by atoms with Crippen LogP contribution in [-0.2, 0) is 13.0 Å². The van der Waals surface area contributed by atoms with E-state index in [4.69, 9.17) is 0 Å². The number of aromatic nitrogens is 2. The standard InChI is InChI=1S/C20H20F2N4/c1-14-12-19(23-11-10-16-4-2-3-5-18(16)22)26-20(25-14)24-13-15-6-8-17(21)9-7-15/h2-9,12H,10-11,13H2,1H3,(H2,23,24,25,26). The van der Waals surface area contributed by atoms with Crippen LogP contribution in [0.15, 0.2) is 54.6 Å². The van der Waals surface area contributed by atoms with Gasteiger partial charge in [0.25, 0.3) is 0 Å². The predicted octanol–water partition coefficient (Wildman–Crippen LogP) is 4.33. The molecule has 0 unspecified atom stereocenters. The van der Waals surface area contributed by atoms with Crippen molar-refractivity contribution in [2.75, 3.05) is 17.2 Å². The van der Waals surface area contributed by atoms with Crippen LogP contribution in [0.4, 0.5) is 20.5 Å². The third kappa shape index (κ3) is 4.99. The topological polar surface area (TPSA) is 49.8 Å². The second kappa shape index (κ2) is 8.38. The number of nitrogens with one attached hydrogen (secondary N) is 2. The molecule has 0 bridgehead atoms. The minimum absolute atomic E-state index is 0.199. The zero-order chi connectivity index (χ0) is 18.4. The van der Waals surface area contributed by atoms with Gasteiger partial charge < -0.3 is 10.6 Å². The SMILES string of the molecule is Cc1cc(NCCc2ccccc2F)nc(NCc2ccc(F)cc2)n1. The first-order chi connectivity index (χ1) is 12.6. The van der Waals surface area contributed by atoms with Crippen molar-refractivity contribution < 1.29 is 8.78 Å². The molecule has 0 aliphatic carbocycles. The maximum atomic E-state index is 13.6. The van der Waals surface area contributed by atoms with E-state index in [-0.39, 0.29) is 11.6 Å². The number of anilines is 2. The molecular weight excluding hydrogens is 334 g/mol. The van der Waals surface area contributed by atoms with E-state index < -0.39 is 0 Å². The summed E-state index contributed by atoms with van der Waals surface area (Å²) in [6.07, 6.45) is 0.564. The normalized spacial score (nSPS) is 10.6. The Morgan fingerprint density at radius 1 is 0.923 bits per heavy atom. The number of benzene rings is 2. The van der Waals surface area contributed by atoms with Crippen molar-refractivity contribution in [1.29, 1.82) is 0 Å². The molecule has 0 atom stereocenters. The summed E-state index contributed by atoms with van der Waals surface area (Å²) in [6, 6.07) is 14.8. The minimum Gasteiger partial charge on any atom is -0.370 e. The van der Waals surface area contributed by atoms with Crippen molar-refractivity contribution in [2.45, 2.75) is 19.9 Å². The predicted molar refractivity (Wildman–Crippen MR) is 99.1 cm³/mol. The summed E-state index contributed by atoms with van der Waals surface area (Å²) in [4.78, 5) is 8.77. The van der Waals surface area contributed by atoms with E-state index in [0.29, 0.717) is 36.8 Å². The van der Waals surface area contributed by atoms with Gasteiger partial charge in [-0.1, -0.05) is 30.3 Å². The smallest absolute Gasteiger partial charge is 0.225 e. The van der Waals surface area contributed by atoms with Gasteiger partial charge in [-0.05, 0) is 42.7 Å². The summed E-state index contributed by atoms with van der Waals surface area (Å²) >= 11 is 0. The Balaban J connectivity index is 1.58. The molecule has 0 spiro atoms. The monoisotopic (exact) mass is 354 g/mol. The summed E-state index contributed by atoms with van der Waals surface area (Å²) < 4.78 is 26.6. The third-order valence-electron chi connectivity index (χ3n) is 3.88. The first kappa shape index (κ1) is 17.8. The largest absolute Gasteiger partial charge is 0.370 e. The molecule has 6 heteroatoms. The van der Waals surface area contributed by atoms with E-state index >= 15 is 0 Å². The summed E-state index contributed by atoms with van der Waals surface area (Å²) in [7, 11) is 0. The highest BCUT2D eigenvalue weighted by molar-refractivity contribution is 5.42. The lowest BCUT2D eigenvalue weighted by Gasteiger charge is -2.10. The first-order valence-electron chi connectivity index (χ1n) is 8.41. The molecule has 2 N–H and O–H groups in total. The molecule has 0 radical (unpaired) electrons.